The minimum absolute atomic E-state index is 0. The number of rotatable bonds is 2. The van der Waals surface area contributed by atoms with Crippen molar-refractivity contribution in [2.75, 3.05) is 0 Å². The molecule has 0 fully saturated rings. The van der Waals surface area contributed by atoms with Gasteiger partial charge in [0.15, 0.2) is 0 Å². The second kappa shape index (κ2) is 5.41. The average molecular weight is 206 g/mol. The second-order valence-corrected chi connectivity index (χ2v) is 3.14. The summed E-state index contributed by atoms with van der Waals surface area (Å²) in [4.78, 5) is 0. The molecule has 12 heavy (non-hydrogen) atoms. The molecule has 2 unspecified atom stereocenters. The van der Waals surface area contributed by atoms with Crippen LogP contribution in [0, 0.1) is 0 Å². The number of benzene rings is 1. The summed E-state index contributed by atoms with van der Waals surface area (Å²) in [5, 5.41) is -0.0730. The first kappa shape index (κ1) is 11.8. The van der Waals surface area contributed by atoms with Gasteiger partial charge in [0, 0.05) is 6.04 Å². The molecular formula is C9H13Cl2N. The van der Waals surface area contributed by atoms with E-state index in [9.17, 15) is 0 Å². The molecule has 0 aliphatic heterocycles. The van der Waals surface area contributed by atoms with Gasteiger partial charge in [-0.25, -0.2) is 0 Å². The highest BCUT2D eigenvalue weighted by Gasteiger charge is 2.10. The van der Waals surface area contributed by atoms with Crippen LogP contribution in [0.2, 0.25) is 0 Å². The molecule has 1 nitrogen and oxygen atoms in total. The van der Waals surface area contributed by atoms with Gasteiger partial charge in [-0.15, -0.1) is 24.0 Å². The fourth-order valence-electron chi connectivity index (χ4n) is 0.940. The third-order valence-electron chi connectivity index (χ3n) is 1.58. The van der Waals surface area contributed by atoms with Crippen LogP contribution in [0.25, 0.3) is 0 Å². The Morgan fingerprint density at radius 2 is 1.75 bits per heavy atom. The van der Waals surface area contributed by atoms with E-state index in [0.29, 0.717) is 0 Å². The van der Waals surface area contributed by atoms with E-state index in [1.165, 1.54) is 0 Å². The highest BCUT2D eigenvalue weighted by atomic mass is 35.5. The SMILES string of the molecule is CC(N)C(Cl)c1ccccc1.Cl. The van der Waals surface area contributed by atoms with Gasteiger partial charge >= 0.3 is 0 Å². The molecule has 3 heteroatoms. The van der Waals surface area contributed by atoms with E-state index in [1.54, 1.807) is 0 Å². The van der Waals surface area contributed by atoms with Gasteiger partial charge in [-0.1, -0.05) is 30.3 Å². The molecule has 2 N–H and O–H groups in total. The van der Waals surface area contributed by atoms with E-state index in [4.69, 9.17) is 17.3 Å². The standard InChI is InChI=1S/C9H12ClN.ClH/c1-7(11)9(10)8-5-3-2-4-6-8;/h2-7,9H,11H2,1H3;1H. The first-order valence-corrected chi connectivity index (χ1v) is 4.10. The Morgan fingerprint density at radius 1 is 1.25 bits per heavy atom. The summed E-state index contributed by atoms with van der Waals surface area (Å²) >= 11 is 6.02. The molecule has 0 amide bonds. The van der Waals surface area contributed by atoms with Gasteiger partial charge in [0.1, 0.15) is 0 Å². The zero-order valence-electron chi connectivity index (χ0n) is 6.91. The van der Waals surface area contributed by atoms with Crippen LogP contribution in [-0.2, 0) is 0 Å². The molecule has 0 aliphatic carbocycles. The highest BCUT2D eigenvalue weighted by Crippen LogP contribution is 2.21. The summed E-state index contributed by atoms with van der Waals surface area (Å²) in [5.41, 5.74) is 6.72. The molecule has 0 bridgehead atoms. The summed E-state index contributed by atoms with van der Waals surface area (Å²) in [7, 11) is 0. The van der Waals surface area contributed by atoms with Crippen molar-refractivity contribution in [3.63, 3.8) is 0 Å². The van der Waals surface area contributed by atoms with E-state index in [0.717, 1.165) is 5.56 Å². The minimum atomic E-state index is -0.0730. The van der Waals surface area contributed by atoms with Gasteiger partial charge in [-0.2, -0.15) is 0 Å². The zero-order chi connectivity index (χ0) is 8.27. The Hall–Kier alpha value is -0.240. The molecular weight excluding hydrogens is 193 g/mol. The van der Waals surface area contributed by atoms with Crippen molar-refractivity contribution in [3.8, 4) is 0 Å². The van der Waals surface area contributed by atoms with Crippen LogP contribution in [0.3, 0.4) is 0 Å². The first-order chi connectivity index (χ1) is 5.22. The van der Waals surface area contributed by atoms with Crippen LogP contribution >= 0.6 is 24.0 Å². The Balaban J connectivity index is 0.00000121. The fourth-order valence-corrected chi connectivity index (χ4v) is 1.09. The van der Waals surface area contributed by atoms with Crippen LogP contribution in [0.4, 0.5) is 0 Å². The monoisotopic (exact) mass is 205 g/mol. The molecule has 1 rings (SSSR count). The Kier molecular flexibility index (Phi) is 5.31. The van der Waals surface area contributed by atoms with Gasteiger partial charge in [-0.05, 0) is 12.5 Å². The number of hydrogen-bond acceptors (Lipinski definition) is 1. The largest absolute Gasteiger partial charge is 0.326 e. The summed E-state index contributed by atoms with van der Waals surface area (Å²) in [6.07, 6.45) is 0. The van der Waals surface area contributed by atoms with Gasteiger partial charge in [-0.3, -0.25) is 0 Å². The smallest absolute Gasteiger partial charge is 0.0733 e. The van der Waals surface area contributed by atoms with E-state index in [1.807, 2.05) is 37.3 Å². The molecule has 0 aromatic heterocycles. The molecule has 68 valence electrons. The van der Waals surface area contributed by atoms with Crippen molar-refractivity contribution in [3.05, 3.63) is 35.9 Å². The molecule has 1 aromatic carbocycles. The predicted molar refractivity (Wildman–Crippen MR) is 55.9 cm³/mol. The summed E-state index contributed by atoms with van der Waals surface area (Å²) < 4.78 is 0. The van der Waals surface area contributed by atoms with E-state index >= 15 is 0 Å². The normalized spacial score (nSPS) is 14.6. The summed E-state index contributed by atoms with van der Waals surface area (Å²) in [6, 6.07) is 9.87. The number of hydrogen-bond donors (Lipinski definition) is 1. The van der Waals surface area contributed by atoms with E-state index in [-0.39, 0.29) is 23.8 Å². The van der Waals surface area contributed by atoms with E-state index < -0.39 is 0 Å². The van der Waals surface area contributed by atoms with Crippen molar-refractivity contribution in [1.29, 1.82) is 0 Å². The van der Waals surface area contributed by atoms with Crippen LogP contribution in [0.1, 0.15) is 17.9 Å². The summed E-state index contributed by atoms with van der Waals surface area (Å²) in [6.45, 7) is 1.91. The van der Waals surface area contributed by atoms with Crippen molar-refractivity contribution < 1.29 is 0 Å². The number of alkyl halides is 1. The first-order valence-electron chi connectivity index (χ1n) is 3.66. The van der Waals surface area contributed by atoms with Crippen molar-refractivity contribution in [2.24, 2.45) is 5.73 Å². The maximum absolute atomic E-state index is 6.02. The lowest BCUT2D eigenvalue weighted by atomic mass is 10.1. The van der Waals surface area contributed by atoms with Crippen LogP contribution in [-0.4, -0.2) is 6.04 Å². The highest BCUT2D eigenvalue weighted by molar-refractivity contribution is 6.21. The lowest BCUT2D eigenvalue weighted by Crippen LogP contribution is -2.20. The fraction of sp³-hybridized carbons (Fsp3) is 0.333. The Bertz CT molecular complexity index is 211. The molecule has 0 radical (unpaired) electrons. The lowest BCUT2D eigenvalue weighted by Gasteiger charge is -2.12. The summed E-state index contributed by atoms with van der Waals surface area (Å²) in [5.74, 6) is 0. The zero-order valence-corrected chi connectivity index (χ0v) is 8.48. The van der Waals surface area contributed by atoms with E-state index in [2.05, 4.69) is 0 Å². The molecule has 0 saturated heterocycles. The molecule has 0 spiro atoms. The molecule has 0 heterocycles. The third kappa shape index (κ3) is 3.02. The third-order valence-corrected chi connectivity index (χ3v) is 2.23. The van der Waals surface area contributed by atoms with Crippen LogP contribution in [0.5, 0.6) is 0 Å². The molecule has 2 atom stereocenters. The van der Waals surface area contributed by atoms with Gasteiger partial charge in [0.2, 0.25) is 0 Å². The van der Waals surface area contributed by atoms with Gasteiger partial charge < -0.3 is 5.73 Å². The minimum Gasteiger partial charge on any atom is -0.326 e. The van der Waals surface area contributed by atoms with Crippen LogP contribution in [0.15, 0.2) is 30.3 Å². The molecule has 0 saturated carbocycles. The maximum atomic E-state index is 6.02. The topological polar surface area (TPSA) is 26.0 Å². The maximum Gasteiger partial charge on any atom is 0.0733 e. The van der Waals surface area contributed by atoms with Crippen molar-refractivity contribution >= 4 is 24.0 Å². The Morgan fingerprint density at radius 3 is 2.17 bits per heavy atom. The van der Waals surface area contributed by atoms with Gasteiger partial charge in [0.05, 0.1) is 5.38 Å². The molecule has 1 aromatic rings. The van der Waals surface area contributed by atoms with Crippen LogP contribution < -0.4 is 5.73 Å². The lowest BCUT2D eigenvalue weighted by molar-refractivity contribution is 0.713. The number of nitrogens with two attached hydrogens (primary N) is 1. The van der Waals surface area contributed by atoms with Gasteiger partial charge in [0.25, 0.3) is 0 Å². The second-order valence-electron chi connectivity index (χ2n) is 2.67. The average Bonchev–Trinajstić information content (AvgIpc) is 2.05. The molecule has 0 aliphatic rings. The Labute approximate surface area is 84.3 Å². The number of halogens is 2. The van der Waals surface area contributed by atoms with Crippen molar-refractivity contribution in [1.82, 2.24) is 0 Å². The predicted octanol–water partition coefficient (Wildman–Crippen LogP) is 2.74. The van der Waals surface area contributed by atoms with Crippen molar-refractivity contribution in [2.45, 2.75) is 18.3 Å². The quantitative estimate of drug-likeness (QED) is 0.739.